The van der Waals surface area contributed by atoms with Crippen molar-refractivity contribution in [3.8, 4) is 0 Å². The molecule has 3 rings (SSSR count). The smallest absolute Gasteiger partial charge is 0.266 e. The molecule has 6 heteroatoms. The molecule has 1 aliphatic rings. The zero-order chi connectivity index (χ0) is 15.4. The molecule has 0 radical (unpaired) electrons. The second-order valence-electron chi connectivity index (χ2n) is 5.56. The molecule has 1 amide bonds. The first-order valence-electron chi connectivity index (χ1n) is 7.66. The quantitative estimate of drug-likeness (QED) is 0.942. The van der Waals surface area contributed by atoms with Gasteiger partial charge in [-0.25, -0.2) is 9.97 Å². The average Bonchev–Trinajstić information content (AvgIpc) is 2.79. The number of rotatable bonds is 3. The van der Waals surface area contributed by atoms with Crippen LogP contribution in [0.15, 0.2) is 23.8 Å². The van der Waals surface area contributed by atoms with E-state index in [9.17, 15) is 4.79 Å². The van der Waals surface area contributed by atoms with Crippen LogP contribution in [0.5, 0.6) is 0 Å². The first-order chi connectivity index (χ1) is 10.7. The number of carbonyl (C=O) groups is 1. The van der Waals surface area contributed by atoms with Crippen molar-refractivity contribution in [3.05, 3.63) is 34.3 Å². The van der Waals surface area contributed by atoms with Gasteiger partial charge in [-0.15, -0.1) is 11.3 Å². The fourth-order valence-corrected chi connectivity index (χ4v) is 3.43. The maximum atomic E-state index is 12.2. The second-order valence-corrected chi connectivity index (χ2v) is 6.48. The molecule has 2 aromatic heterocycles. The molecule has 1 aliphatic heterocycles. The normalized spacial score (nSPS) is 15.4. The van der Waals surface area contributed by atoms with E-state index in [1.807, 2.05) is 18.4 Å². The minimum atomic E-state index is -0.0985. The topological polar surface area (TPSA) is 58.1 Å². The summed E-state index contributed by atoms with van der Waals surface area (Å²) in [7, 11) is 0. The highest BCUT2D eigenvalue weighted by molar-refractivity contribution is 7.12. The summed E-state index contributed by atoms with van der Waals surface area (Å²) in [6.07, 6.45) is 8.33. The lowest BCUT2D eigenvalue weighted by molar-refractivity contribution is 0.103. The molecule has 5 nitrogen and oxygen atoms in total. The van der Waals surface area contributed by atoms with Crippen molar-refractivity contribution in [1.29, 1.82) is 0 Å². The van der Waals surface area contributed by atoms with Crippen LogP contribution in [0.2, 0.25) is 0 Å². The van der Waals surface area contributed by atoms with Gasteiger partial charge < -0.3 is 10.2 Å². The predicted molar refractivity (Wildman–Crippen MR) is 89.7 cm³/mol. The molecule has 0 atom stereocenters. The van der Waals surface area contributed by atoms with Gasteiger partial charge in [0, 0.05) is 13.1 Å². The molecule has 0 aliphatic carbocycles. The molecule has 116 valence electrons. The Morgan fingerprint density at radius 1 is 1.18 bits per heavy atom. The van der Waals surface area contributed by atoms with Crippen molar-refractivity contribution in [2.24, 2.45) is 0 Å². The van der Waals surface area contributed by atoms with Crippen molar-refractivity contribution < 1.29 is 4.79 Å². The van der Waals surface area contributed by atoms with Gasteiger partial charge in [0.1, 0.15) is 0 Å². The summed E-state index contributed by atoms with van der Waals surface area (Å²) in [6.45, 7) is 3.96. The van der Waals surface area contributed by atoms with Gasteiger partial charge in [0.2, 0.25) is 5.95 Å². The predicted octanol–water partition coefficient (Wildman–Crippen LogP) is 3.48. The highest BCUT2D eigenvalue weighted by Crippen LogP contribution is 2.19. The fraction of sp³-hybridized carbons (Fsp3) is 0.438. The molecule has 1 saturated heterocycles. The number of anilines is 2. The van der Waals surface area contributed by atoms with Crippen molar-refractivity contribution in [2.75, 3.05) is 23.3 Å². The molecule has 2 aromatic rings. The van der Waals surface area contributed by atoms with E-state index in [0.717, 1.165) is 29.5 Å². The maximum absolute atomic E-state index is 12.2. The van der Waals surface area contributed by atoms with Crippen LogP contribution >= 0.6 is 11.3 Å². The Morgan fingerprint density at radius 3 is 2.45 bits per heavy atom. The van der Waals surface area contributed by atoms with Gasteiger partial charge in [0.15, 0.2) is 0 Å². The van der Waals surface area contributed by atoms with Crippen LogP contribution in [-0.4, -0.2) is 29.0 Å². The van der Waals surface area contributed by atoms with Crippen molar-refractivity contribution in [2.45, 2.75) is 32.6 Å². The number of thiophene rings is 1. The molecule has 0 spiro atoms. The largest absolute Gasteiger partial charge is 0.341 e. The number of amides is 1. The van der Waals surface area contributed by atoms with Crippen LogP contribution in [0.4, 0.5) is 11.6 Å². The van der Waals surface area contributed by atoms with Crippen LogP contribution < -0.4 is 10.2 Å². The first-order valence-corrected chi connectivity index (χ1v) is 8.54. The Kier molecular flexibility index (Phi) is 4.68. The number of hydrogen-bond acceptors (Lipinski definition) is 5. The lowest BCUT2D eigenvalue weighted by atomic mass is 10.2. The van der Waals surface area contributed by atoms with Gasteiger partial charge in [-0.3, -0.25) is 4.79 Å². The number of aromatic nitrogens is 2. The van der Waals surface area contributed by atoms with Gasteiger partial charge in [0.25, 0.3) is 5.91 Å². The molecule has 0 aromatic carbocycles. The van der Waals surface area contributed by atoms with Gasteiger partial charge >= 0.3 is 0 Å². The summed E-state index contributed by atoms with van der Waals surface area (Å²) in [6, 6.07) is 1.94. The zero-order valence-electron chi connectivity index (χ0n) is 12.7. The van der Waals surface area contributed by atoms with Gasteiger partial charge in [-0.05, 0) is 36.8 Å². The fourth-order valence-electron chi connectivity index (χ4n) is 2.61. The summed E-state index contributed by atoms with van der Waals surface area (Å²) in [5, 5.41) is 4.78. The second kappa shape index (κ2) is 6.87. The number of aryl methyl sites for hydroxylation is 1. The van der Waals surface area contributed by atoms with Gasteiger partial charge in [-0.1, -0.05) is 12.8 Å². The summed E-state index contributed by atoms with van der Waals surface area (Å²) >= 11 is 1.44. The van der Waals surface area contributed by atoms with E-state index in [1.54, 1.807) is 12.4 Å². The van der Waals surface area contributed by atoms with E-state index >= 15 is 0 Å². The third-order valence-electron chi connectivity index (χ3n) is 3.85. The lowest BCUT2D eigenvalue weighted by Gasteiger charge is -2.19. The van der Waals surface area contributed by atoms with Crippen LogP contribution in [-0.2, 0) is 0 Å². The first kappa shape index (κ1) is 15.0. The SMILES string of the molecule is Cc1ccsc1C(=O)Nc1cnc(N2CCCCCC2)nc1. The molecule has 0 unspecified atom stereocenters. The monoisotopic (exact) mass is 316 g/mol. The third kappa shape index (κ3) is 3.44. The highest BCUT2D eigenvalue weighted by atomic mass is 32.1. The zero-order valence-corrected chi connectivity index (χ0v) is 13.5. The number of nitrogens with zero attached hydrogens (tertiary/aromatic N) is 3. The Bertz CT molecular complexity index is 630. The summed E-state index contributed by atoms with van der Waals surface area (Å²) in [5.74, 6) is 0.658. The summed E-state index contributed by atoms with van der Waals surface area (Å²) < 4.78 is 0. The summed E-state index contributed by atoms with van der Waals surface area (Å²) in [4.78, 5) is 23.9. The Hall–Kier alpha value is -1.95. The van der Waals surface area contributed by atoms with E-state index in [-0.39, 0.29) is 5.91 Å². The minimum Gasteiger partial charge on any atom is -0.341 e. The van der Waals surface area contributed by atoms with Crippen LogP contribution in [0, 0.1) is 6.92 Å². The van der Waals surface area contributed by atoms with Crippen LogP contribution in [0.1, 0.15) is 40.9 Å². The molecular weight excluding hydrogens is 296 g/mol. The molecule has 0 saturated carbocycles. The number of carbonyl (C=O) groups excluding carboxylic acids is 1. The van der Waals surface area contributed by atoms with Gasteiger partial charge in [-0.2, -0.15) is 0 Å². The van der Waals surface area contributed by atoms with Gasteiger partial charge in [0.05, 0.1) is 23.0 Å². The Labute approximate surface area is 134 Å². The molecular formula is C16H20N4OS. The van der Waals surface area contributed by atoms with Crippen molar-refractivity contribution in [3.63, 3.8) is 0 Å². The third-order valence-corrected chi connectivity index (χ3v) is 4.87. The van der Waals surface area contributed by atoms with E-state index in [2.05, 4.69) is 20.2 Å². The van der Waals surface area contributed by atoms with Crippen molar-refractivity contribution >= 4 is 28.9 Å². The van der Waals surface area contributed by atoms with E-state index in [0.29, 0.717) is 5.69 Å². The Balaban J connectivity index is 1.66. The highest BCUT2D eigenvalue weighted by Gasteiger charge is 2.14. The Morgan fingerprint density at radius 2 is 1.86 bits per heavy atom. The molecule has 1 fully saturated rings. The molecule has 1 N–H and O–H groups in total. The van der Waals surface area contributed by atoms with Crippen molar-refractivity contribution in [1.82, 2.24) is 9.97 Å². The summed E-state index contributed by atoms with van der Waals surface area (Å²) in [5.41, 5.74) is 1.63. The minimum absolute atomic E-state index is 0.0985. The molecule has 0 bridgehead atoms. The molecule has 3 heterocycles. The standard InChI is InChI=1S/C16H20N4OS/c1-12-6-9-22-14(12)15(21)19-13-10-17-16(18-11-13)20-7-4-2-3-5-8-20/h6,9-11H,2-5,7-8H2,1H3,(H,19,21). The van der Waals surface area contributed by atoms with E-state index in [4.69, 9.17) is 0 Å². The number of nitrogens with one attached hydrogen (secondary N) is 1. The van der Waals surface area contributed by atoms with Crippen LogP contribution in [0.3, 0.4) is 0 Å². The molecule has 22 heavy (non-hydrogen) atoms. The lowest BCUT2D eigenvalue weighted by Crippen LogP contribution is -2.26. The van der Waals surface area contributed by atoms with E-state index in [1.165, 1.54) is 37.0 Å². The van der Waals surface area contributed by atoms with E-state index < -0.39 is 0 Å². The average molecular weight is 316 g/mol. The number of hydrogen-bond donors (Lipinski definition) is 1. The maximum Gasteiger partial charge on any atom is 0.266 e. The van der Waals surface area contributed by atoms with Crippen LogP contribution in [0.25, 0.3) is 0 Å².